The van der Waals surface area contributed by atoms with Crippen molar-refractivity contribution in [1.29, 1.82) is 0 Å². The van der Waals surface area contributed by atoms with Gasteiger partial charge < -0.3 is 4.90 Å². The van der Waals surface area contributed by atoms with Crippen molar-refractivity contribution < 1.29 is 13.5 Å². The molecule has 47 heavy (non-hydrogen) atoms. The van der Waals surface area contributed by atoms with Crippen molar-refractivity contribution in [2.24, 2.45) is 0 Å². The van der Waals surface area contributed by atoms with Crippen LogP contribution < -0.4 is 14.0 Å². The molecule has 1 aliphatic carbocycles. The highest BCUT2D eigenvalue weighted by Gasteiger charge is 2.51. The molecule has 5 aromatic rings. The number of benzene rings is 3. The molecule has 3 heterocycles. The van der Waals surface area contributed by atoms with E-state index in [0.717, 1.165) is 54.6 Å². The lowest BCUT2D eigenvalue weighted by molar-refractivity contribution is -0.594. The van der Waals surface area contributed by atoms with Crippen molar-refractivity contribution in [2.45, 2.75) is 84.5 Å². The molecule has 0 unspecified atom stereocenters. The first-order valence-corrected chi connectivity index (χ1v) is 17.4. The molecule has 1 aliphatic heterocycles. The van der Waals surface area contributed by atoms with Crippen LogP contribution in [0.25, 0.3) is 45.2 Å². The number of rotatable bonds is 8. The summed E-state index contributed by atoms with van der Waals surface area (Å²) in [7, 11) is 4.19. The van der Waals surface area contributed by atoms with Gasteiger partial charge in [-0.05, 0) is 84.5 Å². The average Bonchev–Trinajstić information content (AvgIpc) is 3.19. The van der Waals surface area contributed by atoms with E-state index in [4.69, 9.17) is 0 Å². The lowest BCUT2D eigenvalue weighted by atomic mass is 9.64. The molecule has 0 atom stereocenters. The number of allylic oxidation sites excluding steroid dienone is 1. The van der Waals surface area contributed by atoms with Crippen molar-refractivity contribution in [1.82, 2.24) is 0 Å². The number of nitrogens with zero attached hydrogens (tertiary/aromatic N) is 3. The Morgan fingerprint density at radius 2 is 1.64 bits per heavy atom. The van der Waals surface area contributed by atoms with Crippen molar-refractivity contribution in [3.63, 3.8) is 0 Å². The van der Waals surface area contributed by atoms with E-state index in [1.165, 1.54) is 50.0 Å². The minimum Gasteiger partial charge on any atom is -0.378 e. The van der Waals surface area contributed by atoms with Gasteiger partial charge in [0.25, 0.3) is 5.70 Å². The first kappa shape index (κ1) is 31.3. The maximum atomic E-state index is 16.5. The predicted octanol–water partition coefficient (Wildman–Crippen LogP) is 9.77. The smallest absolute Gasteiger partial charge is 0.262 e. The Labute approximate surface area is 280 Å². The number of halogens is 1. The molecule has 3 nitrogen and oxygen atoms in total. The van der Waals surface area contributed by atoms with Crippen molar-refractivity contribution in [2.75, 3.05) is 19.0 Å². The summed E-state index contributed by atoms with van der Waals surface area (Å²) in [4.78, 5) is 2.16. The van der Waals surface area contributed by atoms with Crippen LogP contribution in [-0.2, 0) is 17.3 Å². The summed E-state index contributed by atoms with van der Waals surface area (Å²) < 4.78 is 21.2. The number of hydrogen-bond donors (Lipinski definition) is 0. The fraction of sp³-hybridized carbons (Fsp3) is 0.349. The Kier molecular flexibility index (Phi) is 7.62. The van der Waals surface area contributed by atoms with E-state index in [2.05, 4.69) is 149 Å². The third-order valence-corrected chi connectivity index (χ3v) is 11.3. The lowest BCUT2D eigenvalue weighted by Gasteiger charge is -2.37. The van der Waals surface area contributed by atoms with Gasteiger partial charge in [0.05, 0.1) is 21.9 Å². The van der Waals surface area contributed by atoms with E-state index >= 15 is 4.39 Å². The van der Waals surface area contributed by atoms with Gasteiger partial charge in [-0.25, -0.2) is 4.39 Å². The molecule has 0 saturated heterocycles. The van der Waals surface area contributed by atoms with Crippen LogP contribution in [0.3, 0.4) is 0 Å². The van der Waals surface area contributed by atoms with Crippen LogP contribution in [0.2, 0.25) is 0 Å². The third-order valence-electron chi connectivity index (χ3n) is 11.3. The summed E-state index contributed by atoms with van der Waals surface area (Å²) in [6.45, 7) is 13.5. The molecule has 2 aromatic heterocycles. The topological polar surface area (TPSA) is 11.0 Å². The average molecular weight is 626 g/mol. The highest BCUT2D eigenvalue weighted by atomic mass is 19.1. The molecule has 0 N–H and O–H groups in total. The Morgan fingerprint density at radius 1 is 0.851 bits per heavy atom. The first-order chi connectivity index (χ1) is 22.6. The minimum atomic E-state index is -0.491. The molecule has 0 bridgehead atoms. The van der Waals surface area contributed by atoms with Crippen LogP contribution in [-0.4, -0.2) is 14.1 Å². The van der Waals surface area contributed by atoms with E-state index in [0.29, 0.717) is 0 Å². The second-order valence-electron chi connectivity index (χ2n) is 14.4. The Balaban J connectivity index is 1.61. The first-order valence-electron chi connectivity index (χ1n) is 17.4. The number of hydrogen-bond acceptors (Lipinski definition) is 1. The third kappa shape index (κ3) is 4.58. The zero-order valence-corrected chi connectivity index (χ0v) is 29.3. The van der Waals surface area contributed by atoms with Crippen LogP contribution in [0.4, 0.5) is 10.1 Å². The summed E-state index contributed by atoms with van der Waals surface area (Å²) in [6, 6.07) is 24.1. The largest absolute Gasteiger partial charge is 0.378 e. The fourth-order valence-electron chi connectivity index (χ4n) is 8.55. The molecule has 0 amide bonds. The van der Waals surface area contributed by atoms with E-state index in [-0.39, 0.29) is 11.2 Å². The van der Waals surface area contributed by atoms with Gasteiger partial charge >= 0.3 is 0 Å². The minimum absolute atomic E-state index is 0.115. The monoisotopic (exact) mass is 625 g/mol. The van der Waals surface area contributed by atoms with Gasteiger partial charge in [-0.15, -0.1) is 0 Å². The van der Waals surface area contributed by atoms with E-state index in [1.807, 2.05) is 0 Å². The molecule has 7 rings (SSSR count). The zero-order valence-electron chi connectivity index (χ0n) is 29.3. The highest BCUT2D eigenvalue weighted by molar-refractivity contribution is 6.02. The second-order valence-corrected chi connectivity index (χ2v) is 14.4. The number of anilines is 1. The van der Waals surface area contributed by atoms with Crippen LogP contribution in [0.5, 0.6) is 0 Å². The molecule has 4 heteroatoms. The molecular formula is C43H48FN3+2. The summed E-state index contributed by atoms with van der Waals surface area (Å²) in [5.74, 6) is -0.115. The maximum absolute atomic E-state index is 16.5. The van der Waals surface area contributed by atoms with Crippen LogP contribution >= 0.6 is 0 Å². The fourth-order valence-corrected chi connectivity index (χ4v) is 8.55. The Bertz CT molecular complexity index is 2080. The van der Waals surface area contributed by atoms with Crippen LogP contribution in [0, 0.1) is 12.7 Å². The van der Waals surface area contributed by atoms with Gasteiger partial charge in [0.2, 0.25) is 17.6 Å². The number of unbranched alkanes of at least 4 members (excludes halogenated alkanes) is 1. The molecule has 240 valence electrons. The Hall–Kier alpha value is -4.31. The SMILES string of the molecule is CCCCc1cc2c3c4[n+](ccc3c1)C=C([n+]1ccccc1-c1cc(N(C)C)ccc1C)C(CC)(CC)c1ccc(F)c(c1-4)C2(C)C. The van der Waals surface area contributed by atoms with E-state index < -0.39 is 5.41 Å². The molecule has 0 fully saturated rings. The number of aryl methyl sites for hydroxylation is 2. The van der Waals surface area contributed by atoms with Crippen LogP contribution in [0.15, 0.2) is 79.1 Å². The normalized spacial score (nSPS) is 15.4. The number of pyridine rings is 2. The highest BCUT2D eigenvalue weighted by Crippen LogP contribution is 2.55. The number of aromatic nitrogens is 2. The molecule has 3 aromatic carbocycles. The molecule has 0 spiro atoms. The molecule has 2 aliphatic rings. The Morgan fingerprint density at radius 3 is 2.36 bits per heavy atom. The summed E-state index contributed by atoms with van der Waals surface area (Å²) in [5.41, 5.74) is 11.9. The van der Waals surface area contributed by atoms with Gasteiger partial charge in [0.15, 0.2) is 12.4 Å². The summed E-state index contributed by atoms with van der Waals surface area (Å²) in [6.07, 6.45) is 11.9. The predicted molar refractivity (Wildman–Crippen MR) is 194 cm³/mol. The summed E-state index contributed by atoms with van der Waals surface area (Å²) in [5, 5.41) is 2.50. The van der Waals surface area contributed by atoms with E-state index in [1.54, 1.807) is 6.07 Å². The molecule has 0 saturated carbocycles. The van der Waals surface area contributed by atoms with Gasteiger partial charge in [-0.3, -0.25) is 0 Å². The quantitative estimate of drug-likeness (QED) is 0.156. The zero-order chi connectivity index (χ0) is 33.2. The maximum Gasteiger partial charge on any atom is 0.262 e. The van der Waals surface area contributed by atoms with E-state index in [9.17, 15) is 0 Å². The standard InChI is InChI=1S/C43H48FN3/c1-9-12-15-29-24-30-21-23-46-27-37(47-22-14-13-16-36(47)32-26-31(45(7)8)18-17-28(32)4)43(10-2,11-3)33-19-20-35(44)40-39(33)41(46)38(30)34(25-29)42(40,5)6/h13-14,16-27H,9-12,15H2,1-8H3/q+2. The van der Waals surface area contributed by atoms with Gasteiger partial charge in [-0.1, -0.05) is 65.3 Å². The van der Waals surface area contributed by atoms with Crippen molar-refractivity contribution in [3.05, 3.63) is 113 Å². The second kappa shape index (κ2) is 11.4. The van der Waals surface area contributed by atoms with Gasteiger partial charge in [0, 0.05) is 49.0 Å². The van der Waals surface area contributed by atoms with Crippen molar-refractivity contribution >= 4 is 28.4 Å². The lowest BCUT2D eigenvalue weighted by Crippen LogP contribution is -2.46. The van der Waals surface area contributed by atoms with Gasteiger partial charge in [-0.2, -0.15) is 9.13 Å². The molecular weight excluding hydrogens is 577 g/mol. The molecule has 0 radical (unpaired) electrons. The van der Waals surface area contributed by atoms with Crippen molar-refractivity contribution in [3.8, 4) is 22.5 Å². The summed E-state index contributed by atoms with van der Waals surface area (Å²) >= 11 is 0. The van der Waals surface area contributed by atoms with Crippen LogP contribution in [0.1, 0.15) is 88.1 Å². The van der Waals surface area contributed by atoms with Gasteiger partial charge in [0.1, 0.15) is 5.82 Å².